The van der Waals surface area contributed by atoms with Crippen LogP contribution in [0, 0.1) is 0 Å². The molecule has 0 aliphatic heterocycles. The maximum atomic E-state index is 12.1. The van der Waals surface area contributed by atoms with Crippen molar-refractivity contribution in [1.82, 2.24) is 15.1 Å². The van der Waals surface area contributed by atoms with E-state index in [1.807, 2.05) is 34.6 Å². The molecule has 0 aliphatic carbocycles. The molecule has 0 spiro atoms. The number of hydrogen-bond acceptors (Lipinski definition) is 5. The van der Waals surface area contributed by atoms with Crippen LogP contribution in [-0.2, 0) is 4.74 Å². The highest BCUT2D eigenvalue weighted by atomic mass is 79.9. The monoisotopic (exact) mass is 388 g/mol. The summed E-state index contributed by atoms with van der Waals surface area (Å²) in [4.78, 5) is 23.6. The highest BCUT2D eigenvalue weighted by molar-refractivity contribution is 9.10. The summed E-state index contributed by atoms with van der Waals surface area (Å²) in [6, 6.07) is 0.00544. The summed E-state index contributed by atoms with van der Waals surface area (Å²) in [6.45, 7) is 10.3. The Bertz CT molecular complexity index is 593. The van der Waals surface area contributed by atoms with Crippen LogP contribution in [-0.4, -0.2) is 34.6 Å². The Morgan fingerprint density at radius 1 is 1.39 bits per heavy atom. The van der Waals surface area contributed by atoms with E-state index in [4.69, 9.17) is 4.74 Å². The van der Waals surface area contributed by atoms with Crippen molar-refractivity contribution in [2.45, 2.75) is 52.7 Å². The quantitative estimate of drug-likeness (QED) is 0.731. The molecule has 23 heavy (non-hydrogen) atoms. The van der Waals surface area contributed by atoms with Crippen LogP contribution < -0.4 is 16.2 Å². The molecule has 0 unspecified atom stereocenters. The van der Waals surface area contributed by atoms with Gasteiger partial charge in [0.15, 0.2) is 0 Å². The van der Waals surface area contributed by atoms with Crippen molar-refractivity contribution in [3.8, 4) is 0 Å². The van der Waals surface area contributed by atoms with E-state index in [0.29, 0.717) is 29.7 Å². The molecule has 0 saturated carbocycles. The molecular weight excluding hydrogens is 364 g/mol. The number of halogens is 1. The van der Waals surface area contributed by atoms with Crippen molar-refractivity contribution in [3.63, 3.8) is 0 Å². The summed E-state index contributed by atoms with van der Waals surface area (Å²) in [5.74, 6) is 0. The van der Waals surface area contributed by atoms with Gasteiger partial charge in [0.25, 0.3) is 5.56 Å². The predicted octanol–water partition coefficient (Wildman–Crippen LogP) is 2.91. The van der Waals surface area contributed by atoms with Gasteiger partial charge >= 0.3 is 6.09 Å². The molecule has 0 atom stereocenters. The standard InChI is InChI=1S/C15H25BrN4O3/c1-10(2)20-13(21)12(16)11(9-19-20)17-7-6-8-18-14(22)23-15(3,4)5/h9-10,17H,6-8H2,1-5H3,(H,18,22). The first-order valence-electron chi connectivity index (χ1n) is 7.60. The first-order valence-corrected chi connectivity index (χ1v) is 8.39. The summed E-state index contributed by atoms with van der Waals surface area (Å²) in [7, 11) is 0. The van der Waals surface area contributed by atoms with Crippen molar-refractivity contribution < 1.29 is 9.53 Å². The third kappa shape index (κ3) is 6.60. The zero-order valence-corrected chi connectivity index (χ0v) is 15.9. The summed E-state index contributed by atoms with van der Waals surface area (Å²) in [6.07, 6.45) is 1.88. The average Bonchev–Trinajstić information content (AvgIpc) is 2.40. The molecule has 8 heteroatoms. The lowest BCUT2D eigenvalue weighted by Gasteiger charge is -2.19. The van der Waals surface area contributed by atoms with Crippen LogP contribution >= 0.6 is 15.9 Å². The highest BCUT2D eigenvalue weighted by Gasteiger charge is 2.15. The Morgan fingerprint density at radius 2 is 2.04 bits per heavy atom. The highest BCUT2D eigenvalue weighted by Crippen LogP contribution is 2.16. The van der Waals surface area contributed by atoms with E-state index in [-0.39, 0.29) is 11.6 Å². The number of carbonyl (C=O) groups is 1. The smallest absolute Gasteiger partial charge is 0.407 e. The number of aromatic nitrogens is 2. The third-order valence-corrected chi connectivity index (χ3v) is 3.54. The molecule has 0 fully saturated rings. The molecule has 2 N–H and O–H groups in total. The molecule has 0 bridgehead atoms. The Kier molecular flexibility index (Phi) is 7.05. The molecule has 1 heterocycles. The molecule has 7 nitrogen and oxygen atoms in total. The number of nitrogens with one attached hydrogen (secondary N) is 2. The minimum atomic E-state index is -0.501. The molecule has 1 aromatic rings. The number of nitrogens with zero attached hydrogens (tertiary/aromatic N) is 2. The van der Waals surface area contributed by atoms with Gasteiger partial charge in [-0.1, -0.05) is 0 Å². The molecule has 0 aromatic carbocycles. The van der Waals surface area contributed by atoms with E-state index in [1.54, 1.807) is 6.20 Å². The molecule has 0 radical (unpaired) electrons. The van der Waals surface area contributed by atoms with Gasteiger partial charge in [0.1, 0.15) is 10.1 Å². The van der Waals surface area contributed by atoms with Gasteiger partial charge in [0.05, 0.1) is 17.9 Å². The van der Waals surface area contributed by atoms with E-state index in [9.17, 15) is 9.59 Å². The summed E-state index contributed by atoms with van der Waals surface area (Å²) in [5, 5.41) is 9.94. The van der Waals surface area contributed by atoms with Crippen LogP contribution in [0.4, 0.5) is 10.5 Å². The Balaban J connectivity index is 2.41. The second-order valence-electron chi connectivity index (χ2n) is 6.42. The van der Waals surface area contributed by atoms with Gasteiger partial charge in [0.2, 0.25) is 0 Å². The van der Waals surface area contributed by atoms with E-state index in [0.717, 1.165) is 0 Å². The fraction of sp³-hybridized carbons (Fsp3) is 0.667. The maximum absolute atomic E-state index is 12.1. The minimum Gasteiger partial charge on any atom is -0.444 e. The molecule has 130 valence electrons. The van der Waals surface area contributed by atoms with Gasteiger partial charge in [0, 0.05) is 13.1 Å². The van der Waals surface area contributed by atoms with Crippen molar-refractivity contribution in [3.05, 3.63) is 21.0 Å². The Hall–Kier alpha value is -1.57. The van der Waals surface area contributed by atoms with Crippen LogP contribution in [0.1, 0.15) is 47.1 Å². The Morgan fingerprint density at radius 3 is 2.61 bits per heavy atom. The zero-order chi connectivity index (χ0) is 17.6. The lowest BCUT2D eigenvalue weighted by molar-refractivity contribution is 0.0528. The van der Waals surface area contributed by atoms with Crippen LogP contribution in [0.25, 0.3) is 0 Å². The van der Waals surface area contributed by atoms with E-state index < -0.39 is 11.7 Å². The van der Waals surface area contributed by atoms with Crippen molar-refractivity contribution in [1.29, 1.82) is 0 Å². The van der Waals surface area contributed by atoms with Crippen LogP contribution in [0.15, 0.2) is 15.5 Å². The summed E-state index contributed by atoms with van der Waals surface area (Å²) < 4.78 is 7.02. The number of rotatable bonds is 6. The largest absolute Gasteiger partial charge is 0.444 e. The number of carbonyl (C=O) groups excluding carboxylic acids is 1. The van der Waals surface area contributed by atoms with Crippen molar-refractivity contribution in [2.75, 3.05) is 18.4 Å². The lowest BCUT2D eigenvalue weighted by Crippen LogP contribution is -2.33. The predicted molar refractivity (Wildman–Crippen MR) is 93.9 cm³/mol. The average molecular weight is 389 g/mol. The van der Waals surface area contributed by atoms with Crippen LogP contribution in [0.2, 0.25) is 0 Å². The van der Waals surface area contributed by atoms with Gasteiger partial charge in [-0.05, 0) is 57.0 Å². The third-order valence-electron chi connectivity index (χ3n) is 2.77. The zero-order valence-electron chi connectivity index (χ0n) is 14.3. The topological polar surface area (TPSA) is 85.2 Å². The normalized spacial score (nSPS) is 11.4. The number of alkyl carbamates (subject to hydrolysis) is 1. The second-order valence-corrected chi connectivity index (χ2v) is 7.22. The SMILES string of the molecule is CC(C)n1ncc(NCCCNC(=O)OC(C)(C)C)c(Br)c1=O. The first kappa shape index (κ1) is 19.5. The van der Waals surface area contributed by atoms with E-state index in [1.165, 1.54) is 4.68 Å². The van der Waals surface area contributed by atoms with E-state index >= 15 is 0 Å². The maximum Gasteiger partial charge on any atom is 0.407 e. The summed E-state index contributed by atoms with van der Waals surface area (Å²) in [5.41, 5.74) is -0.0276. The molecule has 1 rings (SSSR count). The molecular formula is C15H25BrN4O3. The van der Waals surface area contributed by atoms with Gasteiger partial charge in [-0.3, -0.25) is 4.79 Å². The van der Waals surface area contributed by atoms with E-state index in [2.05, 4.69) is 31.7 Å². The van der Waals surface area contributed by atoms with Crippen molar-refractivity contribution >= 4 is 27.7 Å². The number of anilines is 1. The lowest BCUT2D eigenvalue weighted by atomic mass is 10.2. The Labute approximate surface area is 144 Å². The molecule has 0 aliphatic rings. The fourth-order valence-electron chi connectivity index (χ4n) is 1.75. The van der Waals surface area contributed by atoms with Gasteiger partial charge in [-0.15, -0.1) is 0 Å². The van der Waals surface area contributed by atoms with Gasteiger partial charge in [-0.25, -0.2) is 9.48 Å². The molecule has 0 saturated heterocycles. The minimum absolute atomic E-state index is 0.00544. The number of hydrogen-bond donors (Lipinski definition) is 2. The van der Waals surface area contributed by atoms with Crippen LogP contribution in [0.5, 0.6) is 0 Å². The molecule has 1 aromatic heterocycles. The van der Waals surface area contributed by atoms with Gasteiger partial charge in [-0.2, -0.15) is 5.10 Å². The number of ether oxygens (including phenoxy) is 1. The van der Waals surface area contributed by atoms with Gasteiger partial charge < -0.3 is 15.4 Å². The number of amides is 1. The van der Waals surface area contributed by atoms with Crippen molar-refractivity contribution in [2.24, 2.45) is 0 Å². The summed E-state index contributed by atoms with van der Waals surface area (Å²) >= 11 is 3.30. The van der Waals surface area contributed by atoms with Crippen LogP contribution in [0.3, 0.4) is 0 Å². The first-order chi connectivity index (χ1) is 10.6. The second kappa shape index (κ2) is 8.33. The molecule has 1 amide bonds. The fourth-order valence-corrected chi connectivity index (χ4v) is 2.18.